The van der Waals surface area contributed by atoms with Crippen molar-refractivity contribution in [1.82, 2.24) is 4.31 Å². The fourth-order valence-corrected chi connectivity index (χ4v) is 5.63. The summed E-state index contributed by atoms with van der Waals surface area (Å²) in [6.07, 6.45) is 5.30. The van der Waals surface area contributed by atoms with Gasteiger partial charge >= 0.3 is 0 Å². The lowest BCUT2D eigenvalue weighted by Gasteiger charge is -2.36. The molecule has 5 nitrogen and oxygen atoms in total. The predicted octanol–water partition coefficient (Wildman–Crippen LogP) is 2.03. The first-order chi connectivity index (χ1) is 9.54. The molecular formula is C14H21NO4S. The summed E-state index contributed by atoms with van der Waals surface area (Å²) in [6, 6.07) is 1.61. The molecule has 0 radical (unpaired) electrons. The first-order valence-corrected chi connectivity index (χ1v) is 8.70. The maximum Gasteiger partial charge on any atom is 0.246 e. The van der Waals surface area contributed by atoms with Crippen LogP contribution in [0.25, 0.3) is 0 Å². The number of aryl methyl sites for hydroxylation is 1. The summed E-state index contributed by atoms with van der Waals surface area (Å²) in [4.78, 5) is 0.217. The maximum absolute atomic E-state index is 12.9. The van der Waals surface area contributed by atoms with Gasteiger partial charge in [0.2, 0.25) is 10.0 Å². The van der Waals surface area contributed by atoms with Crippen LogP contribution in [-0.2, 0) is 16.6 Å². The van der Waals surface area contributed by atoms with Gasteiger partial charge < -0.3 is 9.52 Å². The third-order valence-corrected chi connectivity index (χ3v) is 6.64. The van der Waals surface area contributed by atoms with Gasteiger partial charge in [-0.2, -0.15) is 4.31 Å². The molecule has 0 aromatic carbocycles. The summed E-state index contributed by atoms with van der Waals surface area (Å²) in [5.41, 5.74) is 0. The largest absolute Gasteiger partial charge is 0.462 e. The fourth-order valence-electron chi connectivity index (χ4n) is 3.69. The summed E-state index contributed by atoms with van der Waals surface area (Å²) >= 11 is 0. The molecule has 3 rings (SSSR count). The lowest BCUT2D eigenvalue weighted by Crippen LogP contribution is -2.46. The zero-order chi connectivity index (χ0) is 14.3. The molecule has 1 aromatic heterocycles. The van der Waals surface area contributed by atoms with Crippen LogP contribution in [0.1, 0.15) is 43.6 Å². The van der Waals surface area contributed by atoms with E-state index in [1.807, 2.05) is 0 Å². The molecule has 1 saturated carbocycles. The second-order valence-electron chi connectivity index (χ2n) is 5.81. The normalized spacial score (nSPS) is 27.7. The first kappa shape index (κ1) is 14.1. The summed E-state index contributed by atoms with van der Waals surface area (Å²) < 4.78 is 32.7. The molecule has 1 aromatic rings. The van der Waals surface area contributed by atoms with E-state index >= 15 is 0 Å². The van der Waals surface area contributed by atoms with Gasteiger partial charge in [-0.1, -0.05) is 6.42 Å². The van der Waals surface area contributed by atoms with Crippen molar-refractivity contribution in [2.45, 2.75) is 56.6 Å². The van der Waals surface area contributed by atoms with Crippen molar-refractivity contribution in [1.29, 1.82) is 0 Å². The van der Waals surface area contributed by atoms with Crippen molar-refractivity contribution in [3.05, 3.63) is 17.6 Å². The number of sulfonamides is 1. The Bertz CT molecular complexity index is 592. The average molecular weight is 299 g/mol. The van der Waals surface area contributed by atoms with Gasteiger partial charge in [-0.05, 0) is 38.5 Å². The minimum atomic E-state index is -3.51. The standard InChI is InChI=1S/C14H21NO4S/c1-10-14(8-12(9-16)19-10)20(17,18)15-7-3-5-11-4-2-6-13(11)15/h8,11,13,16H,2-7,9H2,1H3. The molecule has 2 atom stereocenters. The van der Waals surface area contributed by atoms with Crippen LogP contribution in [0.2, 0.25) is 0 Å². The Morgan fingerprint density at radius 1 is 1.35 bits per heavy atom. The molecule has 2 aliphatic rings. The van der Waals surface area contributed by atoms with Crippen molar-refractivity contribution in [2.75, 3.05) is 6.54 Å². The van der Waals surface area contributed by atoms with Crippen molar-refractivity contribution in [2.24, 2.45) is 5.92 Å². The monoisotopic (exact) mass is 299 g/mol. The van der Waals surface area contributed by atoms with Crippen molar-refractivity contribution >= 4 is 10.0 Å². The molecule has 2 fully saturated rings. The van der Waals surface area contributed by atoms with E-state index in [0.29, 0.717) is 24.0 Å². The van der Waals surface area contributed by atoms with E-state index in [-0.39, 0.29) is 17.5 Å². The number of nitrogens with zero attached hydrogens (tertiary/aromatic N) is 1. The van der Waals surface area contributed by atoms with Crippen LogP contribution < -0.4 is 0 Å². The number of piperidine rings is 1. The quantitative estimate of drug-likeness (QED) is 0.927. The van der Waals surface area contributed by atoms with Gasteiger partial charge in [0.15, 0.2) is 0 Å². The fraction of sp³-hybridized carbons (Fsp3) is 0.714. The molecule has 2 heterocycles. The number of aliphatic hydroxyl groups excluding tert-OH is 1. The van der Waals surface area contributed by atoms with Crippen LogP contribution in [0.4, 0.5) is 0 Å². The number of aliphatic hydroxyl groups is 1. The van der Waals surface area contributed by atoms with Crippen LogP contribution in [0.5, 0.6) is 0 Å². The Balaban J connectivity index is 1.96. The first-order valence-electron chi connectivity index (χ1n) is 7.26. The second-order valence-corrected chi connectivity index (χ2v) is 7.67. The van der Waals surface area contributed by atoms with Gasteiger partial charge in [0.25, 0.3) is 0 Å². The van der Waals surface area contributed by atoms with Crippen LogP contribution in [0, 0.1) is 12.8 Å². The van der Waals surface area contributed by atoms with Crippen LogP contribution >= 0.6 is 0 Å². The topological polar surface area (TPSA) is 70.8 Å². The van der Waals surface area contributed by atoms with E-state index in [1.165, 1.54) is 6.07 Å². The van der Waals surface area contributed by atoms with Gasteiger partial charge in [-0.3, -0.25) is 0 Å². The molecule has 0 amide bonds. The van der Waals surface area contributed by atoms with Crippen LogP contribution in [-0.4, -0.2) is 30.4 Å². The Morgan fingerprint density at radius 3 is 2.80 bits per heavy atom. The van der Waals surface area contributed by atoms with Crippen LogP contribution in [0.15, 0.2) is 15.4 Å². The Morgan fingerprint density at radius 2 is 2.10 bits per heavy atom. The highest BCUT2D eigenvalue weighted by Gasteiger charge is 2.42. The SMILES string of the molecule is Cc1oc(CO)cc1S(=O)(=O)N1CCCC2CCCC21. The smallest absolute Gasteiger partial charge is 0.246 e. The lowest BCUT2D eigenvalue weighted by atomic mass is 9.94. The van der Waals surface area contributed by atoms with Gasteiger partial charge in [-0.15, -0.1) is 0 Å². The molecule has 20 heavy (non-hydrogen) atoms. The second kappa shape index (κ2) is 5.16. The van der Waals surface area contributed by atoms with Gasteiger partial charge in [0, 0.05) is 18.7 Å². The Labute approximate surface area is 119 Å². The van der Waals surface area contributed by atoms with E-state index in [2.05, 4.69) is 0 Å². The highest BCUT2D eigenvalue weighted by Crippen LogP contribution is 2.40. The molecule has 1 saturated heterocycles. The summed E-state index contributed by atoms with van der Waals surface area (Å²) in [5, 5.41) is 9.10. The van der Waals surface area contributed by atoms with E-state index in [1.54, 1.807) is 11.2 Å². The molecule has 1 aliphatic carbocycles. The van der Waals surface area contributed by atoms with E-state index < -0.39 is 10.0 Å². The Kier molecular flexibility index (Phi) is 3.64. The van der Waals surface area contributed by atoms with Gasteiger partial charge in [-0.25, -0.2) is 8.42 Å². The highest BCUT2D eigenvalue weighted by atomic mass is 32.2. The van der Waals surface area contributed by atoms with E-state index in [9.17, 15) is 8.42 Å². The minimum Gasteiger partial charge on any atom is -0.462 e. The van der Waals surface area contributed by atoms with Gasteiger partial charge in [0.05, 0.1) is 0 Å². The van der Waals surface area contributed by atoms with Crippen molar-refractivity contribution in [3.63, 3.8) is 0 Å². The zero-order valence-electron chi connectivity index (χ0n) is 11.7. The number of furan rings is 1. The maximum atomic E-state index is 12.9. The van der Waals surface area contributed by atoms with Crippen molar-refractivity contribution < 1.29 is 17.9 Å². The third kappa shape index (κ3) is 2.19. The molecule has 6 heteroatoms. The van der Waals surface area contributed by atoms with Crippen molar-refractivity contribution in [3.8, 4) is 0 Å². The molecule has 0 spiro atoms. The summed E-state index contributed by atoms with van der Waals surface area (Å²) in [7, 11) is -3.51. The number of fused-ring (bicyclic) bond motifs is 1. The van der Waals surface area contributed by atoms with E-state index in [0.717, 1.165) is 32.1 Å². The number of hydrogen-bond donors (Lipinski definition) is 1. The average Bonchev–Trinajstić information content (AvgIpc) is 3.03. The molecule has 1 N–H and O–H groups in total. The van der Waals surface area contributed by atoms with Crippen LogP contribution in [0.3, 0.4) is 0 Å². The molecule has 0 bridgehead atoms. The summed E-state index contributed by atoms with van der Waals surface area (Å²) in [6.45, 7) is 1.97. The molecule has 2 unspecified atom stereocenters. The third-order valence-electron chi connectivity index (χ3n) is 4.61. The number of rotatable bonds is 3. The molecule has 1 aliphatic heterocycles. The minimum absolute atomic E-state index is 0.153. The zero-order valence-corrected chi connectivity index (χ0v) is 12.5. The Hall–Kier alpha value is -0.850. The van der Waals surface area contributed by atoms with E-state index in [4.69, 9.17) is 9.52 Å². The predicted molar refractivity (Wildman–Crippen MR) is 73.6 cm³/mol. The summed E-state index contributed by atoms with van der Waals surface area (Å²) in [5.74, 6) is 1.19. The van der Waals surface area contributed by atoms with Gasteiger partial charge in [0.1, 0.15) is 23.0 Å². The molecule has 112 valence electrons. The number of hydrogen-bond acceptors (Lipinski definition) is 4. The molecular weight excluding hydrogens is 278 g/mol. The lowest BCUT2D eigenvalue weighted by molar-refractivity contribution is 0.202. The highest BCUT2D eigenvalue weighted by molar-refractivity contribution is 7.89.